The summed E-state index contributed by atoms with van der Waals surface area (Å²) in [6, 6.07) is 10.1. The van der Waals surface area contributed by atoms with E-state index >= 15 is 0 Å². The average Bonchev–Trinajstić information content (AvgIpc) is 3.10. The fourth-order valence-electron chi connectivity index (χ4n) is 1.70. The van der Waals surface area contributed by atoms with Gasteiger partial charge in [-0.2, -0.15) is 5.10 Å². The average molecular weight is 350 g/mol. The molecular weight excluding hydrogens is 338 g/mol. The Labute approximate surface area is 128 Å². The number of hydrogen-bond donors (Lipinski definition) is 3. The highest BCUT2D eigenvalue weighted by Crippen LogP contribution is 2.24. The number of aromatic amines is 1. The molecule has 0 aliphatic carbocycles. The minimum atomic E-state index is 0.626. The number of halogens is 1. The number of H-pyrrole nitrogens is 1. The Morgan fingerprint density at radius 1 is 1.25 bits per heavy atom. The Morgan fingerprint density at radius 3 is 2.85 bits per heavy atom. The SMILES string of the molecule is Brc1cn[nH]c1CNNc1nc(-c2ccccc2)cs1. The van der Waals surface area contributed by atoms with Crippen molar-refractivity contribution in [3.05, 3.63) is 52.1 Å². The van der Waals surface area contributed by atoms with Crippen LogP contribution in [0.3, 0.4) is 0 Å². The van der Waals surface area contributed by atoms with E-state index in [0.29, 0.717) is 6.54 Å². The van der Waals surface area contributed by atoms with Crippen molar-refractivity contribution in [1.29, 1.82) is 0 Å². The summed E-state index contributed by atoms with van der Waals surface area (Å²) in [5.41, 5.74) is 9.27. The minimum Gasteiger partial charge on any atom is -0.297 e. The third kappa shape index (κ3) is 3.06. The van der Waals surface area contributed by atoms with Crippen molar-refractivity contribution >= 4 is 32.4 Å². The van der Waals surface area contributed by atoms with Gasteiger partial charge in [0.25, 0.3) is 0 Å². The second-order valence-corrected chi connectivity index (χ2v) is 5.79. The predicted molar refractivity (Wildman–Crippen MR) is 84.3 cm³/mol. The Morgan fingerprint density at radius 2 is 2.10 bits per heavy atom. The lowest BCUT2D eigenvalue weighted by atomic mass is 10.2. The topological polar surface area (TPSA) is 65.6 Å². The summed E-state index contributed by atoms with van der Waals surface area (Å²) in [6.07, 6.45) is 1.73. The van der Waals surface area contributed by atoms with Gasteiger partial charge in [-0.1, -0.05) is 30.3 Å². The number of aromatic nitrogens is 3. The van der Waals surface area contributed by atoms with Gasteiger partial charge in [-0.3, -0.25) is 10.5 Å². The van der Waals surface area contributed by atoms with E-state index in [9.17, 15) is 0 Å². The molecule has 3 N–H and O–H groups in total. The molecule has 102 valence electrons. The maximum absolute atomic E-state index is 4.53. The zero-order valence-corrected chi connectivity index (χ0v) is 12.8. The molecule has 0 saturated carbocycles. The predicted octanol–water partition coefficient (Wildman–Crippen LogP) is 3.41. The maximum atomic E-state index is 4.53. The van der Waals surface area contributed by atoms with E-state index in [1.807, 2.05) is 35.7 Å². The van der Waals surface area contributed by atoms with Crippen LogP contribution in [0.1, 0.15) is 5.69 Å². The molecule has 0 unspecified atom stereocenters. The Bertz CT molecular complexity index is 679. The minimum absolute atomic E-state index is 0.626. The zero-order valence-electron chi connectivity index (χ0n) is 10.4. The van der Waals surface area contributed by atoms with Crippen molar-refractivity contribution in [2.45, 2.75) is 6.54 Å². The van der Waals surface area contributed by atoms with E-state index in [1.54, 1.807) is 17.5 Å². The first-order valence-corrected chi connectivity index (χ1v) is 7.68. The summed E-state index contributed by atoms with van der Waals surface area (Å²) < 4.78 is 0.955. The number of nitrogens with zero attached hydrogens (tertiary/aromatic N) is 2. The first-order valence-electron chi connectivity index (χ1n) is 6.00. The number of anilines is 1. The summed E-state index contributed by atoms with van der Waals surface area (Å²) in [7, 11) is 0. The Kier molecular flexibility index (Phi) is 4.10. The van der Waals surface area contributed by atoms with Crippen LogP contribution in [0.2, 0.25) is 0 Å². The third-order valence-electron chi connectivity index (χ3n) is 2.70. The van der Waals surface area contributed by atoms with Gasteiger partial charge >= 0.3 is 0 Å². The zero-order chi connectivity index (χ0) is 13.8. The van der Waals surface area contributed by atoms with E-state index in [1.165, 1.54) is 0 Å². The van der Waals surface area contributed by atoms with Gasteiger partial charge in [-0.25, -0.2) is 10.4 Å². The number of nitrogens with one attached hydrogen (secondary N) is 3. The first-order chi connectivity index (χ1) is 9.83. The summed E-state index contributed by atoms with van der Waals surface area (Å²) in [4.78, 5) is 4.53. The smallest absolute Gasteiger partial charge is 0.197 e. The highest BCUT2D eigenvalue weighted by molar-refractivity contribution is 9.10. The van der Waals surface area contributed by atoms with Gasteiger partial charge in [0.05, 0.1) is 28.6 Å². The highest BCUT2D eigenvalue weighted by Gasteiger charge is 2.04. The van der Waals surface area contributed by atoms with Crippen LogP contribution in [0, 0.1) is 0 Å². The molecule has 0 radical (unpaired) electrons. The summed E-state index contributed by atoms with van der Waals surface area (Å²) in [5, 5.41) is 9.71. The lowest BCUT2D eigenvalue weighted by Gasteiger charge is -2.03. The van der Waals surface area contributed by atoms with Crippen LogP contribution in [0.25, 0.3) is 11.3 Å². The van der Waals surface area contributed by atoms with Crippen LogP contribution in [-0.2, 0) is 6.54 Å². The molecule has 3 aromatic rings. The van der Waals surface area contributed by atoms with Gasteiger partial charge in [0.1, 0.15) is 0 Å². The van der Waals surface area contributed by atoms with Crippen molar-refractivity contribution in [3.8, 4) is 11.3 Å². The number of thiazole rings is 1. The fourth-order valence-corrected chi connectivity index (χ4v) is 2.73. The Balaban J connectivity index is 1.59. The molecule has 0 atom stereocenters. The molecule has 7 heteroatoms. The van der Waals surface area contributed by atoms with Crippen molar-refractivity contribution < 1.29 is 0 Å². The highest BCUT2D eigenvalue weighted by atomic mass is 79.9. The number of rotatable bonds is 5. The molecule has 2 aromatic heterocycles. The van der Waals surface area contributed by atoms with Gasteiger partial charge < -0.3 is 0 Å². The maximum Gasteiger partial charge on any atom is 0.197 e. The van der Waals surface area contributed by atoms with Crippen molar-refractivity contribution in [1.82, 2.24) is 20.6 Å². The molecule has 0 bridgehead atoms. The van der Waals surface area contributed by atoms with Gasteiger partial charge in [0.2, 0.25) is 0 Å². The van der Waals surface area contributed by atoms with Gasteiger partial charge in [-0.15, -0.1) is 11.3 Å². The lowest BCUT2D eigenvalue weighted by molar-refractivity contribution is 0.767. The molecule has 5 nitrogen and oxygen atoms in total. The van der Waals surface area contributed by atoms with Crippen LogP contribution >= 0.6 is 27.3 Å². The number of hydrazine groups is 1. The molecule has 3 rings (SSSR count). The fraction of sp³-hybridized carbons (Fsp3) is 0.0769. The van der Waals surface area contributed by atoms with E-state index in [4.69, 9.17) is 0 Å². The van der Waals surface area contributed by atoms with E-state index in [0.717, 1.165) is 26.6 Å². The molecule has 0 spiro atoms. The van der Waals surface area contributed by atoms with Crippen LogP contribution in [0.4, 0.5) is 5.13 Å². The van der Waals surface area contributed by atoms with Crippen molar-refractivity contribution in [3.63, 3.8) is 0 Å². The normalized spacial score (nSPS) is 10.7. The second kappa shape index (κ2) is 6.17. The van der Waals surface area contributed by atoms with Gasteiger partial charge in [0, 0.05) is 10.9 Å². The van der Waals surface area contributed by atoms with E-state index in [2.05, 4.69) is 42.0 Å². The molecule has 0 aliphatic heterocycles. The number of hydrogen-bond acceptors (Lipinski definition) is 5. The van der Waals surface area contributed by atoms with Crippen molar-refractivity contribution in [2.24, 2.45) is 0 Å². The number of benzene rings is 1. The van der Waals surface area contributed by atoms with Gasteiger partial charge in [0.15, 0.2) is 5.13 Å². The van der Waals surface area contributed by atoms with E-state index in [-0.39, 0.29) is 0 Å². The van der Waals surface area contributed by atoms with Crippen molar-refractivity contribution in [2.75, 3.05) is 5.43 Å². The molecule has 0 saturated heterocycles. The third-order valence-corrected chi connectivity index (χ3v) is 4.14. The molecule has 0 amide bonds. The van der Waals surface area contributed by atoms with Gasteiger partial charge in [-0.05, 0) is 15.9 Å². The molecule has 0 aliphatic rings. The largest absolute Gasteiger partial charge is 0.297 e. The molecule has 2 heterocycles. The Hall–Kier alpha value is -1.70. The second-order valence-electron chi connectivity index (χ2n) is 4.08. The summed E-state index contributed by atoms with van der Waals surface area (Å²) in [6.45, 7) is 0.626. The molecule has 20 heavy (non-hydrogen) atoms. The first kappa shape index (κ1) is 13.3. The molecule has 0 fully saturated rings. The van der Waals surface area contributed by atoms with Crippen LogP contribution in [-0.4, -0.2) is 15.2 Å². The summed E-state index contributed by atoms with van der Waals surface area (Å²) in [5.74, 6) is 0. The molecular formula is C13H12BrN5S. The quantitative estimate of drug-likeness (QED) is 0.617. The van der Waals surface area contributed by atoms with Crippen LogP contribution in [0.5, 0.6) is 0 Å². The standard InChI is InChI=1S/C13H12BrN5S/c14-10-6-15-18-11(10)7-16-19-13-17-12(8-20-13)9-4-2-1-3-5-9/h1-6,8,16H,7H2,(H,15,18)(H,17,19). The summed E-state index contributed by atoms with van der Waals surface area (Å²) >= 11 is 4.98. The lowest BCUT2D eigenvalue weighted by Crippen LogP contribution is -2.21. The monoisotopic (exact) mass is 349 g/mol. The molecule has 1 aromatic carbocycles. The van der Waals surface area contributed by atoms with Crippen LogP contribution in [0.15, 0.2) is 46.4 Å². The van der Waals surface area contributed by atoms with Crippen LogP contribution < -0.4 is 10.9 Å². The van der Waals surface area contributed by atoms with E-state index < -0.39 is 0 Å².